The van der Waals surface area contributed by atoms with Crippen LogP contribution in [0.5, 0.6) is 0 Å². The van der Waals surface area contributed by atoms with Crippen LogP contribution in [0, 0.1) is 0 Å². The summed E-state index contributed by atoms with van der Waals surface area (Å²) in [7, 11) is 0. The van der Waals surface area contributed by atoms with Gasteiger partial charge in [-0.25, -0.2) is 42.5 Å². The molecule has 1 heterocycles. The van der Waals surface area contributed by atoms with Gasteiger partial charge in [-0.05, 0) is 34.6 Å². The summed E-state index contributed by atoms with van der Waals surface area (Å²) in [5.41, 5.74) is -2.56. The summed E-state index contributed by atoms with van der Waals surface area (Å²) in [5, 5.41) is 10.4. The summed E-state index contributed by atoms with van der Waals surface area (Å²) in [4.78, 5) is 78.3. The molecule has 6 amide bonds. The van der Waals surface area contributed by atoms with Crippen molar-refractivity contribution < 1.29 is 14.4 Å². The highest BCUT2D eigenvalue weighted by atomic mass is 16.2. The van der Waals surface area contributed by atoms with E-state index in [4.69, 9.17) is 0 Å². The third kappa shape index (κ3) is 8.99. The Hall–Kier alpha value is -3.78. The molecule has 210 valence electrons. The van der Waals surface area contributed by atoms with Crippen molar-refractivity contribution in [2.45, 2.75) is 54.3 Å². The molecule has 0 saturated heterocycles. The number of rotatable bonds is 14. The quantitative estimate of drug-likeness (QED) is 0.232. The molecule has 4 N–H and O–H groups in total. The van der Waals surface area contributed by atoms with E-state index in [9.17, 15) is 28.8 Å². The number of urea groups is 3. The van der Waals surface area contributed by atoms with Gasteiger partial charge in [0.15, 0.2) is 0 Å². The Labute approximate surface area is 215 Å². The summed E-state index contributed by atoms with van der Waals surface area (Å²) in [6.45, 7) is 10.9. The number of nitrogens with one attached hydrogen (secondary N) is 4. The van der Waals surface area contributed by atoms with Crippen LogP contribution in [0.4, 0.5) is 14.4 Å². The fourth-order valence-corrected chi connectivity index (χ4v) is 3.56. The van der Waals surface area contributed by atoms with Crippen LogP contribution in [0.15, 0.2) is 14.4 Å². The van der Waals surface area contributed by atoms with Gasteiger partial charge in [-0.3, -0.25) is 0 Å². The van der Waals surface area contributed by atoms with E-state index in [0.717, 1.165) is 13.7 Å². The van der Waals surface area contributed by atoms with E-state index in [0.29, 0.717) is 32.7 Å². The minimum absolute atomic E-state index is 0.0153. The summed E-state index contributed by atoms with van der Waals surface area (Å²) in [6, 6.07) is -1.13. The van der Waals surface area contributed by atoms with Crippen molar-refractivity contribution in [3.63, 3.8) is 0 Å². The van der Waals surface area contributed by atoms with E-state index in [1.165, 1.54) is 0 Å². The van der Waals surface area contributed by atoms with Gasteiger partial charge in [0.1, 0.15) is 0 Å². The number of nitrogens with zero attached hydrogens (tertiary/aromatic N) is 5. The molecule has 0 spiro atoms. The van der Waals surface area contributed by atoms with Crippen LogP contribution < -0.4 is 38.3 Å². The van der Waals surface area contributed by atoms with E-state index in [-0.39, 0.29) is 51.3 Å². The minimum atomic E-state index is -0.854. The number of aromatic nitrogens is 3. The van der Waals surface area contributed by atoms with Gasteiger partial charge in [0.05, 0.1) is 0 Å². The first-order chi connectivity index (χ1) is 17.7. The van der Waals surface area contributed by atoms with Gasteiger partial charge >= 0.3 is 35.2 Å². The van der Waals surface area contributed by atoms with Crippen LogP contribution in [0.25, 0.3) is 0 Å². The van der Waals surface area contributed by atoms with E-state index in [2.05, 4.69) is 21.3 Å². The lowest BCUT2D eigenvalue weighted by molar-refractivity contribution is 0.202. The lowest BCUT2D eigenvalue weighted by Crippen LogP contribution is -2.57. The van der Waals surface area contributed by atoms with Gasteiger partial charge in [-0.2, -0.15) is 0 Å². The Morgan fingerprint density at radius 2 is 0.892 bits per heavy atom. The number of carbonyl (C=O) groups is 3. The topological polar surface area (TPSA) is 172 Å². The first kappa shape index (κ1) is 31.3. The lowest BCUT2D eigenvalue weighted by atomic mass is 10.5. The molecule has 0 aromatic carbocycles. The predicted octanol–water partition coefficient (Wildman–Crippen LogP) is -1.41. The first-order valence-corrected chi connectivity index (χ1v) is 12.7. The van der Waals surface area contributed by atoms with Crippen LogP contribution in [0.3, 0.4) is 0 Å². The molecule has 0 saturated carbocycles. The fourth-order valence-electron chi connectivity index (χ4n) is 3.56. The molecule has 0 unspecified atom stereocenters. The van der Waals surface area contributed by atoms with Gasteiger partial charge in [0, 0.05) is 72.0 Å². The zero-order valence-corrected chi connectivity index (χ0v) is 22.5. The van der Waals surface area contributed by atoms with Gasteiger partial charge < -0.3 is 31.1 Å². The maximum atomic E-state index is 13.1. The zero-order chi connectivity index (χ0) is 28.0. The van der Waals surface area contributed by atoms with E-state index < -0.39 is 23.1 Å². The summed E-state index contributed by atoms with van der Waals surface area (Å²) in [5.74, 6) is 0. The van der Waals surface area contributed by atoms with Crippen LogP contribution >= 0.6 is 0 Å². The molecule has 15 heteroatoms. The predicted molar refractivity (Wildman–Crippen MR) is 139 cm³/mol. The van der Waals surface area contributed by atoms with Gasteiger partial charge in [-0.1, -0.05) is 0 Å². The number of carbonyl (C=O) groups excluding carboxylic acids is 3. The summed E-state index contributed by atoms with van der Waals surface area (Å²) < 4.78 is 2.58. The number of amides is 6. The maximum Gasteiger partial charge on any atom is 0.336 e. The van der Waals surface area contributed by atoms with E-state index in [1.807, 2.05) is 27.7 Å². The highest BCUT2D eigenvalue weighted by Gasteiger charge is 2.17. The smallest absolute Gasteiger partial charge is 0.336 e. The molecule has 37 heavy (non-hydrogen) atoms. The third-order valence-corrected chi connectivity index (χ3v) is 5.67. The largest absolute Gasteiger partial charge is 0.338 e. The summed E-state index contributed by atoms with van der Waals surface area (Å²) >= 11 is 0. The Bertz CT molecular complexity index is 1000. The number of hydrogen-bond donors (Lipinski definition) is 4. The molecule has 0 atom stereocenters. The molecule has 0 aliphatic rings. The fraction of sp³-hybridized carbons (Fsp3) is 0.727. The van der Waals surface area contributed by atoms with E-state index >= 15 is 0 Å². The van der Waals surface area contributed by atoms with Crippen molar-refractivity contribution in [2.75, 3.05) is 52.4 Å². The van der Waals surface area contributed by atoms with Crippen molar-refractivity contribution in [1.29, 1.82) is 0 Å². The van der Waals surface area contributed by atoms with Crippen LogP contribution in [0.2, 0.25) is 0 Å². The van der Waals surface area contributed by atoms with Gasteiger partial charge in [-0.15, -0.1) is 0 Å². The molecule has 0 fully saturated rings. The standard InChI is InChI=1S/C22H41N9O6/c1-6-23-17(32)24-11-14-29-20(35)30(15-12-25-18(33)27(7-2)8-3)22(37)31(21(29)36)16-13-26-19(34)28(9-4)10-5/h6-16H2,1-5H3,(H,25,33)(H,26,34)(H2,23,24,32). The van der Waals surface area contributed by atoms with Crippen molar-refractivity contribution >= 4 is 18.1 Å². The van der Waals surface area contributed by atoms with Crippen LogP contribution in [0.1, 0.15) is 34.6 Å². The van der Waals surface area contributed by atoms with Crippen LogP contribution in [-0.2, 0) is 19.6 Å². The molecular formula is C22H41N9O6. The summed E-state index contributed by atoms with van der Waals surface area (Å²) in [6.07, 6.45) is 0. The molecule has 0 radical (unpaired) electrons. The highest BCUT2D eigenvalue weighted by Crippen LogP contribution is 1.89. The molecule has 1 aromatic heterocycles. The maximum absolute atomic E-state index is 13.1. The van der Waals surface area contributed by atoms with E-state index in [1.54, 1.807) is 16.7 Å². The second-order valence-corrected chi connectivity index (χ2v) is 7.90. The highest BCUT2D eigenvalue weighted by molar-refractivity contribution is 5.74. The molecule has 1 rings (SSSR count). The Morgan fingerprint density at radius 1 is 0.568 bits per heavy atom. The molecule has 1 aromatic rings. The second kappa shape index (κ2) is 16.1. The van der Waals surface area contributed by atoms with Crippen molar-refractivity contribution in [2.24, 2.45) is 0 Å². The molecule has 0 aliphatic carbocycles. The Balaban J connectivity index is 3.19. The molecule has 15 nitrogen and oxygen atoms in total. The second-order valence-electron chi connectivity index (χ2n) is 7.90. The van der Waals surface area contributed by atoms with Gasteiger partial charge in [0.25, 0.3) is 0 Å². The van der Waals surface area contributed by atoms with Crippen molar-refractivity contribution in [1.82, 2.24) is 44.8 Å². The number of hydrogen-bond acceptors (Lipinski definition) is 6. The molecule has 0 aliphatic heterocycles. The normalized spacial score (nSPS) is 10.5. The average molecular weight is 528 g/mol. The first-order valence-electron chi connectivity index (χ1n) is 12.7. The zero-order valence-electron chi connectivity index (χ0n) is 22.5. The average Bonchev–Trinajstić information content (AvgIpc) is 2.87. The Morgan fingerprint density at radius 3 is 1.19 bits per heavy atom. The Kier molecular flexibility index (Phi) is 13.6. The SMILES string of the molecule is CCNC(=O)NCCn1c(=O)n(CCNC(=O)N(CC)CC)c(=O)n(CCNC(=O)N(CC)CC)c1=O. The molecule has 0 bridgehead atoms. The third-order valence-electron chi connectivity index (χ3n) is 5.67. The van der Waals surface area contributed by atoms with Crippen LogP contribution in [-0.4, -0.2) is 94.0 Å². The van der Waals surface area contributed by atoms with Gasteiger partial charge in [0.2, 0.25) is 0 Å². The monoisotopic (exact) mass is 527 g/mol. The lowest BCUT2D eigenvalue weighted by Gasteiger charge is -2.20. The molecular weight excluding hydrogens is 486 g/mol. The van der Waals surface area contributed by atoms with Crippen molar-refractivity contribution in [3.8, 4) is 0 Å². The minimum Gasteiger partial charge on any atom is -0.338 e. The van der Waals surface area contributed by atoms with Crippen molar-refractivity contribution in [3.05, 3.63) is 31.5 Å².